The van der Waals surface area contributed by atoms with E-state index in [0.717, 1.165) is 10.5 Å². The standard InChI is InChI=1S/C7H8OS2/c1-5-6(2)10-7(9-5)3-4-8/h3-4H,1-2H3. The highest BCUT2D eigenvalue weighted by Crippen LogP contribution is 2.47. The van der Waals surface area contributed by atoms with Crippen LogP contribution in [0.5, 0.6) is 0 Å². The number of aldehydes is 1. The quantitative estimate of drug-likeness (QED) is 0.447. The molecule has 0 aliphatic carbocycles. The lowest BCUT2D eigenvalue weighted by Crippen LogP contribution is -1.62. The van der Waals surface area contributed by atoms with Gasteiger partial charge in [0.1, 0.15) is 6.29 Å². The summed E-state index contributed by atoms with van der Waals surface area (Å²) in [5.74, 6) is 0. The molecule has 0 saturated heterocycles. The summed E-state index contributed by atoms with van der Waals surface area (Å²) >= 11 is 3.34. The highest BCUT2D eigenvalue weighted by molar-refractivity contribution is 8.28. The van der Waals surface area contributed by atoms with Crippen molar-refractivity contribution >= 4 is 29.8 Å². The lowest BCUT2D eigenvalue weighted by atomic mass is 10.6. The van der Waals surface area contributed by atoms with Crippen LogP contribution in [0, 0.1) is 0 Å². The molecule has 0 atom stereocenters. The van der Waals surface area contributed by atoms with Gasteiger partial charge in [0.05, 0.1) is 4.24 Å². The molecule has 0 radical (unpaired) electrons. The van der Waals surface area contributed by atoms with E-state index >= 15 is 0 Å². The number of hydrogen-bond donors (Lipinski definition) is 0. The zero-order valence-corrected chi connectivity index (χ0v) is 7.51. The first-order valence-corrected chi connectivity index (χ1v) is 4.56. The molecule has 3 heteroatoms. The van der Waals surface area contributed by atoms with Crippen LogP contribution in [-0.4, -0.2) is 6.29 Å². The van der Waals surface area contributed by atoms with Crippen LogP contribution in [0.15, 0.2) is 20.1 Å². The first-order chi connectivity index (χ1) is 4.74. The van der Waals surface area contributed by atoms with E-state index in [-0.39, 0.29) is 0 Å². The number of allylic oxidation sites excluding steroid dienone is 3. The van der Waals surface area contributed by atoms with Crippen LogP contribution in [0.3, 0.4) is 0 Å². The number of carbonyl (C=O) groups is 1. The fourth-order valence-electron chi connectivity index (χ4n) is 0.590. The summed E-state index contributed by atoms with van der Waals surface area (Å²) in [6.45, 7) is 4.14. The average Bonchev–Trinajstić information content (AvgIpc) is 2.14. The first-order valence-electron chi connectivity index (χ1n) is 2.92. The van der Waals surface area contributed by atoms with Crippen molar-refractivity contribution in [3.05, 3.63) is 20.1 Å². The predicted molar refractivity (Wildman–Crippen MR) is 47.7 cm³/mol. The number of rotatable bonds is 1. The lowest BCUT2D eigenvalue weighted by Gasteiger charge is -1.87. The number of thioether (sulfide) groups is 2. The van der Waals surface area contributed by atoms with Gasteiger partial charge in [-0.2, -0.15) is 0 Å². The summed E-state index contributed by atoms with van der Waals surface area (Å²) in [6, 6.07) is 0. The van der Waals surface area contributed by atoms with Gasteiger partial charge in [-0.1, -0.05) is 23.5 Å². The maximum absolute atomic E-state index is 10.1. The Kier molecular flexibility index (Phi) is 2.63. The van der Waals surface area contributed by atoms with Crippen LogP contribution < -0.4 is 0 Å². The third kappa shape index (κ3) is 1.67. The molecule has 0 amide bonds. The van der Waals surface area contributed by atoms with Crippen molar-refractivity contribution in [2.45, 2.75) is 13.8 Å². The van der Waals surface area contributed by atoms with Gasteiger partial charge in [0.2, 0.25) is 0 Å². The molecule has 1 nitrogen and oxygen atoms in total. The molecule has 0 bridgehead atoms. The van der Waals surface area contributed by atoms with Crippen molar-refractivity contribution in [1.82, 2.24) is 0 Å². The molecule has 0 unspecified atom stereocenters. The molecule has 0 aromatic heterocycles. The zero-order valence-electron chi connectivity index (χ0n) is 5.88. The van der Waals surface area contributed by atoms with Gasteiger partial charge in [-0.3, -0.25) is 4.79 Å². The summed E-state index contributed by atoms with van der Waals surface area (Å²) in [5.41, 5.74) is 0. The van der Waals surface area contributed by atoms with E-state index in [2.05, 4.69) is 13.8 Å². The monoisotopic (exact) mass is 172 g/mol. The number of hydrogen-bond acceptors (Lipinski definition) is 3. The Morgan fingerprint density at radius 1 is 1.20 bits per heavy atom. The Bertz CT molecular complexity index is 200. The van der Waals surface area contributed by atoms with Crippen LogP contribution in [0.2, 0.25) is 0 Å². The topological polar surface area (TPSA) is 17.1 Å². The highest BCUT2D eigenvalue weighted by Gasteiger charge is 2.12. The lowest BCUT2D eigenvalue weighted by molar-refractivity contribution is -0.104. The van der Waals surface area contributed by atoms with Gasteiger partial charge < -0.3 is 0 Å². The minimum Gasteiger partial charge on any atom is -0.298 e. The van der Waals surface area contributed by atoms with Gasteiger partial charge in [-0.05, 0) is 29.7 Å². The molecule has 0 aromatic rings. The Hall–Kier alpha value is -0.150. The van der Waals surface area contributed by atoms with Crippen molar-refractivity contribution in [3.8, 4) is 0 Å². The van der Waals surface area contributed by atoms with Crippen molar-refractivity contribution in [2.24, 2.45) is 0 Å². The highest BCUT2D eigenvalue weighted by atomic mass is 32.2. The molecular formula is C7H8OS2. The third-order valence-corrected chi connectivity index (χ3v) is 3.74. The van der Waals surface area contributed by atoms with Gasteiger partial charge in [0.25, 0.3) is 0 Å². The third-order valence-electron chi connectivity index (χ3n) is 1.21. The molecule has 0 fully saturated rings. The average molecular weight is 172 g/mol. The van der Waals surface area contributed by atoms with Gasteiger partial charge in [0.15, 0.2) is 0 Å². The first kappa shape index (κ1) is 7.95. The van der Waals surface area contributed by atoms with E-state index in [9.17, 15) is 4.79 Å². The van der Waals surface area contributed by atoms with E-state index in [1.807, 2.05) is 0 Å². The van der Waals surface area contributed by atoms with Crippen LogP contribution >= 0.6 is 23.5 Å². The summed E-state index contributed by atoms with van der Waals surface area (Å²) in [7, 11) is 0. The van der Waals surface area contributed by atoms with Crippen molar-refractivity contribution in [3.63, 3.8) is 0 Å². The van der Waals surface area contributed by atoms with Crippen molar-refractivity contribution in [1.29, 1.82) is 0 Å². The van der Waals surface area contributed by atoms with Crippen LogP contribution in [0.1, 0.15) is 13.8 Å². The van der Waals surface area contributed by atoms with E-state index < -0.39 is 0 Å². The van der Waals surface area contributed by atoms with Crippen LogP contribution in [0.4, 0.5) is 0 Å². The molecule has 1 aliphatic heterocycles. The second kappa shape index (κ2) is 3.30. The predicted octanol–water partition coefficient (Wildman–Crippen LogP) is 2.76. The molecular weight excluding hydrogens is 164 g/mol. The Morgan fingerprint density at radius 3 is 2.10 bits per heavy atom. The van der Waals surface area contributed by atoms with E-state index in [1.165, 1.54) is 9.81 Å². The van der Waals surface area contributed by atoms with E-state index in [4.69, 9.17) is 0 Å². The molecule has 0 aromatic carbocycles. The van der Waals surface area contributed by atoms with Crippen LogP contribution in [0.25, 0.3) is 0 Å². The second-order valence-electron chi connectivity index (χ2n) is 1.94. The minimum absolute atomic E-state index is 0.835. The molecule has 10 heavy (non-hydrogen) atoms. The van der Waals surface area contributed by atoms with Gasteiger partial charge in [-0.15, -0.1) is 0 Å². The maximum atomic E-state index is 10.1. The molecule has 54 valence electrons. The second-order valence-corrected chi connectivity index (χ2v) is 4.71. The molecule has 0 N–H and O–H groups in total. The van der Waals surface area contributed by atoms with E-state index in [1.54, 1.807) is 29.6 Å². The fourth-order valence-corrected chi connectivity index (χ4v) is 2.89. The molecule has 1 heterocycles. The van der Waals surface area contributed by atoms with Gasteiger partial charge in [-0.25, -0.2) is 0 Å². The summed E-state index contributed by atoms with van der Waals surface area (Å²) < 4.78 is 1.09. The normalized spacial score (nSPS) is 18.0. The van der Waals surface area contributed by atoms with E-state index in [0.29, 0.717) is 0 Å². The smallest absolute Gasteiger partial charge is 0.144 e. The molecule has 1 rings (SSSR count). The minimum atomic E-state index is 0.835. The Balaban J connectivity index is 2.67. The number of carbonyl (C=O) groups excluding carboxylic acids is 1. The summed E-state index contributed by atoms with van der Waals surface area (Å²) in [4.78, 5) is 12.7. The van der Waals surface area contributed by atoms with Gasteiger partial charge >= 0.3 is 0 Å². The van der Waals surface area contributed by atoms with Crippen LogP contribution in [-0.2, 0) is 4.79 Å². The maximum Gasteiger partial charge on any atom is 0.144 e. The summed E-state index contributed by atoms with van der Waals surface area (Å²) in [6.07, 6.45) is 2.44. The Labute approximate surface area is 69.0 Å². The largest absolute Gasteiger partial charge is 0.298 e. The fraction of sp³-hybridized carbons (Fsp3) is 0.286. The molecule has 0 saturated carbocycles. The summed E-state index contributed by atoms with van der Waals surface area (Å²) in [5, 5.41) is 0. The Morgan fingerprint density at radius 2 is 1.70 bits per heavy atom. The van der Waals surface area contributed by atoms with Crippen molar-refractivity contribution in [2.75, 3.05) is 0 Å². The van der Waals surface area contributed by atoms with Gasteiger partial charge in [0, 0.05) is 0 Å². The van der Waals surface area contributed by atoms with Crippen molar-refractivity contribution < 1.29 is 4.79 Å². The zero-order chi connectivity index (χ0) is 7.56. The molecule has 0 spiro atoms. The SMILES string of the molecule is CC1=C(C)SC(=CC=O)S1. The molecule has 1 aliphatic rings.